The van der Waals surface area contributed by atoms with E-state index < -0.39 is 12.2 Å². The highest BCUT2D eigenvalue weighted by molar-refractivity contribution is 5.97. The highest BCUT2D eigenvalue weighted by Gasteiger charge is 2.14. The summed E-state index contributed by atoms with van der Waals surface area (Å²) in [7, 11) is 4.07. The van der Waals surface area contributed by atoms with Crippen LogP contribution in [0, 0.1) is 0 Å². The molecular weight excluding hydrogens is 410 g/mol. The number of rotatable bonds is 7. The van der Waals surface area contributed by atoms with Crippen molar-refractivity contribution in [2.24, 2.45) is 0 Å². The van der Waals surface area contributed by atoms with E-state index in [1.165, 1.54) is 5.56 Å². The second kappa shape index (κ2) is 9.28. The van der Waals surface area contributed by atoms with Crippen molar-refractivity contribution in [3.8, 4) is 11.1 Å². The number of hydrogen-bond acceptors (Lipinski definition) is 3. The maximum atomic E-state index is 12.9. The number of halogens is 2. The molecule has 0 aliphatic heterocycles. The van der Waals surface area contributed by atoms with Crippen molar-refractivity contribution >= 4 is 16.9 Å². The Labute approximate surface area is 185 Å². The first-order valence-electron chi connectivity index (χ1n) is 10.3. The minimum atomic E-state index is -2.69. The zero-order valence-electron chi connectivity index (χ0n) is 17.9. The number of nitrogens with one attached hydrogen (secondary N) is 2. The Morgan fingerprint density at radius 1 is 1.06 bits per heavy atom. The van der Waals surface area contributed by atoms with Gasteiger partial charge in [-0.1, -0.05) is 48.5 Å². The molecule has 0 radical (unpaired) electrons. The molecule has 5 nitrogen and oxygen atoms in total. The molecule has 0 aliphatic rings. The Balaban J connectivity index is 1.49. The second-order valence-corrected chi connectivity index (χ2v) is 7.93. The van der Waals surface area contributed by atoms with E-state index in [9.17, 15) is 13.6 Å². The third-order valence-electron chi connectivity index (χ3n) is 5.19. The summed E-state index contributed by atoms with van der Waals surface area (Å²) < 4.78 is 25.7. The highest BCUT2D eigenvalue weighted by atomic mass is 19.3. The predicted molar refractivity (Wildman–Crippen MR) is 121 cm³/mol. The minimum Gasteiger partial charge on any atom is -0.348 e. The van der Waals surface area contributed by atoms with Crippen molar-refractivity contribution < 1.29 is 13.6 Å². The van der Waals surface area contributed by atoms with Gasteiger partial charge < -0.3 is 15.2 Å². The molecule has 1 amide bonds. The Morgan fingerprint density at radius 2 is 1.81 bits per heavy atom. The van der Waals surface area contributed by atoms with Gasteiger partial charge >= 0.3 is 0 Å². The Morgan fingerprint density at radius 3 is 2.53 bits per heavy atom. The van der Waals surface area contributed by atoms with Gasteiger partial charge in [0.2, 0.25) is 0 Å². The van der Waals surface area contributed by atoms with Gasteiger partial charge in [0.05, 0.1) is 11.0 Å². The summed E-state index contributed by atoms with van der Waals surface area (Å²) in [4.78, 5) is 21.2. The average molecular weight is 434 g/mol. The van der Waals surface area contributed by atoms with Gasteiger partial charge in [-0.2, -0.15) is 0 Å². The fourth-order valence-corrected chi connectivity index (χ4v) is 3.66. The lowest BCUT2D eigenvalue weighted by Crippen LogP contribution is -2.23. The fraction of sp³-hybridized carbons (Fsp3) is 0.200. The number of imidazole rings is 1. The summed E-state index contributed by atoms with van der Waals surface area (Å²) in [6.45, 7) is 1.22. The standard InChI is InChI=1S/C25H24F2N4O/c1-31(2)15-16-7-9-17(10-8-16)20-6-4-3-5-19(20)14-28-25(32)18-11-12-21-22(13-18)30-24(29-21)23(26)27/h3-13,23H,14-15H2,1-2H3,(H,28,32)(H,29,30). The zero-order chi connectivity index (χ0) is 22.7. The van der Waals surface area contributed by atoms with Crippen LogP contribution in [0.5, 0.6) is 0 Å². The van der Waals surface area contributed by atoms with E-state index in [0.29, 0.717) is 23.1 Å². The maximum absolute atomic E-state index is 12.9. The normalized spacial score (nSPS) is 11.4. The topological polar surface area (TPSA) is 61.0 Å². The molecule has 0 bridgehead atoms. The number of amides is 1. The first kappa shape index (κ1) is 21.6. The number of fused-ring (bicyclic) bond motifs is 1. The lowest BCUT2D eigenvalue weighted by Gasteiger charge is -2.13. The third-order valence-corrected chi connectivity index (χ3v) is 5.19. The van der Waals surface area contributed by atoms with Gasteiger partial charge in [0, 0.05) is 18.7 Å². The summed E-state index contributed by atoms with van der Waals surface area (Å²) in [6, 6.07) is 21.0. The van der Waals surface area contributed by atoms with Crippen molar-refractivity contribution in [3.63, 3.8) is 0 Å². The third kappa shape index (κ3) is 4.84. The van der Waals surface area contributed by atoms with Gasteiger partial charge in [-0.15, -0.1) is 0 Å². The van der Waals surface area contributed by atoms with Gasteiger partial charge in [-0.05, 0) is 54.5 Å². The molecule has 0 spiro atoms. The molecule has 4 rings (SSSR count). The molecule has 164 valence electrons. The van der Waals surface area contributed by atoms with Crippen LogP contribution in [0.4, 0.5) is 8.78 Å². The number of alkyl halides is 2. The first-order chi connectivity index (χ1) is 15.4. The molecule has 0 atom stereocenters. The first-order valence-corrected chi connectivity index (χ1v) is 10.3. The summed E-state index contributed by atoms with van der Waals surface area (Å²) >= 11 is 0. The quantitative estimate of drug-likeness (QED) is 0.422. The van der Waals surface area contributed by atoms with E-state index in [1.807, 2.05) is 38.4 Å². The Kier molecular flexibility index (Phi) is 6.28. The van der Waals surface area contributed by atoms with Gasteiger partial charge in [-0.3, -0.25) is 4.79 Å². The zero-order valence-corrected chi connectivity index (χ0v) is 17.9. The largest absolute Gasteiger partial charge is 0.348 e. The van der Waals surface area contributed by atoms with Crippen LogP contribution in [-0.4, -0.2) is 34.9 Å². The molecule has 0 saturated heterocycles. The van der Waals surface area contributed by atoms with E-state index in [2.05, 4.69) is 44.5 Å². The van der Waals surface area contributed by atoms with Gasteiger partial charge in [0.1, 0.15) is 0 Å². The van der Waals surface area contributed by atoms with Crippen molar-refractivity contribution in [2.45, 2.75) is 19.5 Å². The Hall–Kier alpha value is -3.58. The van der Waals surface area contributed by atoms with Gasteiger partial charge in [0.15, 0.2) is 5.82 Å². The highest BCUT2D eigenvalue weighted by Crippen LogP contribution is 2.25. The number of hydrogen-bond donors (Lipinski definition) is 2. The second-order valence-electron chi connectivity index (χ2n) is 7.93. The molecule has 3 aromatic carbocycles. The molecule has 0 saturated carbocycles. The Bertz CT molecular complexity index is 1230. The number of aromatic amines is 1. The maximum Gasteiger partial charge on any atom is 0.295 e. The number of H-pyrrole nitrogens is 1. The van der Waals surface area contributed by atoms with Crippen LogP contribution in [0.1, 0.15) is 33.7 Å². The minimum absolute atomic E-state index is 0.281. The van der Waals surface area contributed by atoms with Crippen LogP contribution in [0.3, 0.4) is 0 Å². The summed E-state index contributed by atoms with van der Waals surface area (Å²) in [5.74, 6) is -0.681. The van der Waals surface area contributed by atoms with Crippen LogP contribution in [-0.2, 0) is 13.1 Å². The molecule has 32 heavy (non-hydrogen) atoms. The monoisotopic (exact) mass is 434 g/mol. The smallest absolute Gasteiger partial charge is 0.295 e. The molecule has 1 heterocycles. The lowest BCUT2D eigenvalue weighted by molar-refractivity contribution is 0.0951. The van der Waals surface area contributed by atoms with Gasteiger partial charge in [0.25, 0.3) is 12.3 Å². The molecule has 7 heteroatoms. The molecule has 0 fully saturated rings. The van der Waals surface area contributed by atoms with Crippen molar-refractivity contribution in [2.75, 3.05) is 14.1 Å². The lowest BCUT2D eigenvalue weighted by atomic mass is 9.98. The average Bonchev–Trinajstić information content (AvgIpc) is 3.22. The molecule has 4 aromatic rings. The fourth-order valence-electron chi connectivity index (χ4n) is 3.66. The molecule has 0 unspecified atom stereocenters. The molecular formula is C25H24F2N4O. The van der Waals surface area contributed by atoms with E-state index in [1.54, 1.807) is 18.2 Å². The number of carbonyl (C=O) groups is 1. The predicted octanol–water partition coefficient (Wildman–Crippen LogP) is 5.16. The van der Waals surface area contributed by atoms with Crippen LogP contribution in [0.2, 0.25) is 0 Å². The van der Waals surface area contributed by atoms with Crippen molar-refractivity contribution in [3.05, 3.63) is 89.2 Å². The summed E-state index contributed by atoms with van der Waals surface area (Å²) in [5, 5.41) is 2.93. The van der Waals surface area contributed by atoms with Crippen LogP contribution in [0.25, 0.3) is 22.2 Å². The van der Waals surface area contributed by atoms with E-state index in [0.717, 1.165) is 23.2 Å². The van der Waals surface area contributed by atoms with Gasteiger partial charge in [-0.25, -0.2) is 13.8 Å². The van der Waals surface area contributed by atoms with E-state index in [4.69, 9.17) is 0 Å². The summed E-state index contributed by atoms with van der Waals surface area (Å²) in [5.41, 5.74) is 5.54. The molecule has 1 aromatic heterocycles. The number of nitrogens with zero attached hydrogens (tertiary/aromatic N) is 2. The van der Waals surface area contributed by atoms with E-state index in [-0.39, 0.29) is 5.91 Å². The SMILES string of the molecule is CN(C)Cc1ccc(-c2ccccc2CNC(=O)c2ccc3nc(C(F)F)[nH]c3c2)cc1. The van der Waals surface area contributed by atoms with Crippen LogP contribution in [0.15, 0.2) is 66.7 Å². The molecule has 2 N–H and O–H groups in total. The van der Waals surface area contributed by atoms with E-state index >= 15 is 0 Å². The van der Waals surface area contributed by atoms with Crippen LogP contribution < -0.4 is 5.32 Å². The van der Waals surface area contributed by atoms with Crippen molar-refractivity contribution in [1.29, 1.82) is 0 Å². The van der Waals surface area contributed by atoms with Crippen molar-refractivity contribution in [1.82, 2.24) is 20.2 Å². The summed E-state index contributed by atoms with van der Waals surface area (Å²) in [6.07, 6.45) is -2.69. The number of carbonyl (C=O) groups excluding carboxylic acids is 1. The number of aromatic nitrogens is 2. The molecule has 0 aliphatic carbocycles. The van der Waals surface area contributed by atoms with Crippen LogP contribution >= 0.6 is 0 Å². The number of benzene rings is 3.